The Kier molecular flexibility index (Phi) is 15.2. The second-order valence-corrected chi connectivity index (χ2v) is 1.82. The summed E-state index contributed by atoms with van der Waals surface area (Å²) in [6.07, 6.45) is 1.86. The van der Waals surface area contributed by atoms with Crippen molar-refractivity contribution in [3.8, 4) is 0 Å². The number of rotatable bonds is 6. The van der Waals surface area contributed by atoms with Gasteiger partial charge < -0.3 is 10.6 Å². The van der Waals surface area contributed by atoms with Crippen LogP contribution in [0.1, 0.15) is 13.3 Å². The Morgan fingerprint density at radius 1 is 1.30 bits per heavy atom. The number of hydrogen-bond acceptors (Lipinski definition) is 2. The standard InChI is InChI=1S/C6H14N2O.HI/c1-2-3-7-4-5-8-6-9;/h6-7H,2-5H2,1H3,(H,8,9);1H. The van der Waals surface area contributed by atoms with Gasteiger partial charge in [-0.2, -0.15) is 0 Å². The minimum Gasteiger partial charge on any atom is -0.357 e. The van der Waals surface area contributed by atoms with Crippen LogP contribution in [0.3, 0.4) is 0 Å². The minimum absolute atomic E-state index is 0. The van der Waals surface area contributed by atoms with Gasteiger partial charge in [0.05, 0.1) is 0 Å². The molecular formula is C6H15IN2O. The molecule has 0 saturated heterocycles. The normalized spacial score (nSPS) is 8.10. The van der Waals surface area contributed by atoms with Gasteiger partial charge >= 0.3 is 0 Å². The molecule has 0 aliphatic carbocycles. The van der Waals surface area contributed by atoms with Crippen molar-refractivity contribution in [1.29, 1.82) is 0 Å². The maximum absolute atomic E-state index is 9.70. The van der Waals surface area contributed by atoms with Gasteiger partial charge in [0.25, 0.3) is 0 Å². The lowest BCUT2D eigenvalue weighted by Crippen LogP contribution is -2.26. The van der Waals surface area contributed by atoms with Gasteiger partial charge in [0.1, 0.15) is 0 Å². The summed E-state index contributed by atoms with van der Waals surface area (Å²) in [7, 11) is 0. The van der Waals surface area contributed by atoms with E-state index < -0.39 is 0 Å². The lowest BCUT2D eigenvalue weighted by molar-refractivity contribution is -0.109. The monoisotopic (exact) mass is 258 g/mol. The Hall–Kier alpha value is 0.160. The second-order valence-electron chi connectivity index (χ2n) is 1.82. The smallest absolute Gasteiger partial charge is 0.207 e. The minimum atomic E-state index is 0. The molecule has 0 fully saturated rings. The van der Waals surface area contributed by atoms with Crippen LogP contribution in [0.5, 0.6) is 0 Å². The topological polar surface area (TPSA) is 41.1 Å². The number of nitrogens with one attached hydrogen (secondary N) is 2. The maximum Gasteiger partial charge on any atom is 0.207 e. The van der Waals surface area contributed by atoms with Gasteiger partial charge in [-0.15, -0.1) is 24.0 Å². The summed E-state index contributed by atoms with van der Waals surface area (Å²) in [4.78, 5) is 9.70. The molecular weight excluding hydrogens is 243 g/mol. The zero-order valence-corrected chi connectivity index (χ0v) is 8.55. The number of carbonyl (C=O) groups excluding carboxylic acids is 1. The molecule has 2 N–H and O–H groups in total. The van der Waals surface area contributed by atoms with E-state index in [1.807, 2.05) is 0 Å². The highest BCUT2D eigenvalue weighted by molar-refractivity contribution is 14.0. The van der Waals surface area contributed by atoms with E-state index in [0.29, 0.717) is 6.41 Å². The van der Waals surface area contributed by atoms with Crippen LogP contribution in [0.15, 0.2) is 0 Å². The fourth-order valence-electron chi connectivity index (χ4n) is 0.521. The molecule has 0 saturated carbocycles. The van der Waals surface area contributed by atoms with E-state index in [0.717, 1.165) is 26.1 Å². The predicted octanol–water partition coefficient (Wildman–Crippen LogP) is 0.350. The molecule has 0 bridgehead atoms. The molecule has 0 heterocycles. The number of amides is 1. The summed E-state index contributed by atoms with van der Waals surface area (Å²) in [6, 6.07) is 0. The van der Waals surface area contributed by atoms with Gasteiger partial charge in [-0.25, -0.2) is 0 Å². The molecule has 10 heavy (non-hydrogen) atoms. The van der Waals surface area contributed by atoms with E-state index in [1.165, 1.54) is 0 Å². The molecule has 0 aromatic carbocycles. The average Bonchev–Trinajstić information content (AvgIpc) is 1.89. The third-order valence-corrected chi connectivity index (χ3v) is 0.956. The fraction of sp³-hybridized carbons (Fsp3) is 0.833. The highest BCUT2D eigenvalue weighted by atomic mass is 127. The first kappa shape index (κ1) is 12.8. The number of halogens is 1. The van der Waals surface area contributed by atoms with Gasteiger partial charge in [-0.05, 0) is 13.0 Å². The molecule has 62 valence electrons. The molecule has 0 radical (unpaired) electrons. The molecule has 0 aromatic rings. The van der Waals surface area contributed by atoms with E-state index in [2.05, 4.69) is 17.6 Å². The molecule has 4 heteroatoms. The first-order chi connectivity index (χ1) is 4.41. The highest BCUT2D eigenvalue weighted by Gasteiger charge is 1.81. The summed E-state index contributed by atoms with van der Waals surface area (Å²) in [6.45, 7) is 4.73. The summed E-state index contributed by atoms with van der Waals surface area (Å²) < 4.78 is 0. The summed E-state index contributed by atoms with van der Waals surface area (Å²) in [5, 5.41) is 5.71. The van der Waals surface area contributed by atoms with Crippen molar-refractivity contribution in [3.05, 3.63) is 0 Å². The second kappa shape index (κ2) is 11.9. The highest BCUT2D eigenvalue weighted by Crippen LogP contribution is 1.66. The number of carbonyl (C=O) groups is 1. The molecule has 0 spiro atoms. The average molecular weight is 258 g/mol. The van der Waals surface area contributed by atoms with E-state index in [9.17, 15) is 4.79 Å². The van der Waals surface area contributed by atoms with Crippen molar-refractivity contribution in [3.63, 3.8) is 0 Å². The Bertz CT molecular complexity index is 70.8. The summed E-state index contributed by atoms with van der Waals surface area (Å²) in [5.41, 5.74) is 0. The van der Waals surface area contributed by atoms with Gasteiger partial charge in [-0.3, -0.25) is 4.79 Å². The van der Waals surface area contributed by atoms with Crippen LogP contribution in [-0.2, 0) is 4.79 Å². The molecule has 0 unspecified atom stereocenters. The van der Waals surface area contributed by atoms with Gasteiger partial charge in [0.15, 0.2) is 0 Å². The zero-order chi connectivity index (χ0) is 6.95. The Morgan fingerprint density at radius 2 is 2.00 bits per heavy atom. The van der Waals surface area contributed by atoms with Crippen molar-refractivity contribution in [1.82, 2.24) is 10.6 Å². The summed E-state index contributed by atoms with van der Waals surface area (Å²) in [5.74, 6) is 0. The summed E-state index contributed by atoms with van der Waals surface area (Å²) >= 11 is 0. The van der Waals surface area contributed by atoms with E-state index >= 15 is 0 Å². The molecule has 0 aliphatic heterocycles. The Labute approximate surface area is 79.0 Å². The van der Waals surface area contributed by atoms with Gasteiger partial charge in [0.2, 0.25) is 6.41 Å². The van der Waals surface area contributed by atoms with Crippen LogP contribution >= 0.6 is 24.0 Å². The third kappa shape index (κ3) is 11.0. The van der Waals surface area contributed by atoms with Crippen molar-refractivity contribution in [2.75, 3.05) is 19.6 Å². The Balaban J connectivity index is 0. The first-order valence-corrected chi connectivity index (χ1v) is 3.29. The van der Waals surface area contributed by atoms with Crippen LogP contribution in [0.4, 0.5) is 0 Å². The predicted molar refractivity (Wildman–Crippen MR) is 52.6 cm³/mol. The fourth-order valence-corrected chi connectivity index (χ4v) is 0.521. The largest absolute Gasteiger partial charge is 0.357 e. The van der Waals surface area contributed by atoms with Crippen molar-refractivity contribution in [2.45, 2.75) is 13.3 Å². The van der Waals surface area contributed by atoms with Crippen molar-refractivity contribution < 1.29 is 4.79 Å². The molecule has 0 rings (SSSR count). The van der Waals surface area contributed by atoms with E-state index in [1.54, 1.807) is 0 Å². The van der Waals surface area contributed by atoms with E-state index in [-0.39, 0.29) is 24.0 Å². The molecule has 3 nitrogen and oxygen atoms in total. The molecule has 0 atom stereocenters. The SMILES string of the molecule is CCCNCCNC=O.I. The van der Waals surface area contributed by atoms with Crippen LogP contribution in [0.2, 0.25) is 0 Å². The van der Waals surface area contributed by atoms with Crippen molar-refractivity contribution >= 4 is 30.4 Å². The lowest BCUT2D eigenvalue weighted by Gasteiger charge is -1.99. The van der Waals surface area contributed by atoms with Crippen molar-refractivity contribution in [2.24, 2.45) is 0 Å². The third-order valence-electron chi connectivity index (χ3n) is 0.956. The van der Waals surface area contributed by atoms with Crippen LogP contribution in [0.25, 0.3) is 0 Å². The lowest BCUT2D eigenvalue weighted by atomic mass is 10.5. The molecule has 0 aliphatic rings. The van der Waals surface area contributed by atoms with Crippen LogP contribution in [-0.4, -0.2) is 26.0 Å². The van der Waals surface area contributed by atoms with E-state index in [4.69, 9.17) is 0 Å². The Morgan fingerprint density at radius 3 is 2.50 bits per heavy atom. The first-order valence-electron chi connectivity index (χ1n) is 3.29. The molecule has 0 aromatic heterocycles. The van der Waals surface area contributed by atoms with Gasteiger partial charge in [-0.1, -0.05) is 6.92 Å². The quantitative estimate of drug-likeness (QED) is 0.410. The maximum atomic E-state index is 9.70. The van der Waals surface area contributed by atoms with Crippen LogP contribution in [0, 0.1) is 0 Å². The number of hydrogen-bond donors (Lipinski definition) is 2. The van der Waals surface area contributed by atoms with Crippen LogP contribution < -0.4 is 10.6 Å². The van der Waals surface area contributed by atoms with Gasteiger partial charge in [0, 0.05) is 13.1 Å². The molecule has 1 amide bonds. The zero-order valence-electron chi connectivity index (χ0n) is 6.22.